The van der Waals surface area contributed by atoms with E-state index in [1.54, 1.807) is 6.07 Å². The highest BCUT2D eigenvalue weighted by Crippen LogP contribution is 2.11. The predicted molar refractivity (Wildman–Crippen MR) is 69.4 cm³/mol. The molecule has 0 saturated carbocycles. The molecule has 5 heteroatoms. The van der Waals surface area contributed by atoms with Crippen molar-refractivity contribution in [2.24, 2.45) is 0 Å². The molecule has 0 unspecified atom stereocenters. The van der Waals surface area contributed by atoms with Crippen LogP contribution in [0.15, 0.2) is 28.2 Å². The summed E-state index contributed by atoms with van der Waals surface area (Å²) in [5, 5.41) is 0.676. The van der Waals surface area contributed by atoms with Crippen LogP contribution in [-0.2, 0) is 6.42 Å². The zero-order chi connectivity index (χ0) is 11.8. The molecule has 0 aliphatic heterocycles. The standard InChI is InChI=1S/C11H15ClN2OS/c1-2-5-9-8-10(15)14-11(13-9)16-7-4-3-6-12/h3-4,8H,2,5-7H2,1H3,(H,13,14,15). The Balaban J connectivity index is 2.65. The number of alkyl halides is 1. The maximum absolute atomic E-state index is 11.3. The summed E-state index contributed by atoms with van der Waals surface area (Å²) in [5.41, 5.74) is 0.775. The molecule has 0 aliphatic rings. The van der Waals surface area contributed by atoms with Crippen LogP contribution >= 0.6 is 23.4 Å². The van der Waals surface area contributed by atoms with E-state index in [9.17, 15) is 4.79 Å². The molecule has 0 radical (unpaired) electrons. The van der Waals surface area contributed by atoms with Crippen LogP contribution in [0.5, 0.6) is 0 Å². The predicted octanol–water partition coefficient (Wildman–Crippen LogP) is 2.61. The van der Waals surface area contributed by atoms with Crippen LogP contribution in [0.3, 0.4) is 0 Å². The number of aromatic nitrogens is 2. The summed E-state index contributed by atoms with van der Waals surface area (Å²) in [7, 11) is 0. The van der Waals surface area contributed by atoms with Gasteiger partial charge in [0, 0.05) is 23.4 Å². The summed E-state index contributed by atoms with van der Waals surface area (Å²) in [6.07, 6.45) is 5.68. The molecule has 0 aromatic carbocycles. The van der Waals surface area contributed by atoms with Crippen molar-refractivity contribution in [3.8, 4) is 0 Å². The van der Waals surface area contributed by atoms with Crippen LogP contribution in [0.1, 0.15) is 19.0 Å². The number of hydrogen-bond acceptors (Lipinski definition) is 3. The van der Waals surface area contributed by atoms with Crippen LogP contribution in [0, 0.1) is 0 Å². The molecule has 1 rings (SSSR count). The molecule has 3 nitrogen and oxygen atoms in total. The van der Waals surface area contributed by atoms with E-state index in [1.807, 2.05) is 12.2 Å². The second kappa shape index (κ2) is 7.52. The van der Waals surface area contributed by atoms with Gasteiger partial charge < -0.3 is 4.98 Å². The lowest BCUT2D eigenvalue weighted by Crippen LogP contribution is -2.09. The number of halogens is 1. The van der Waals surface area contributed by atoms with Gasteiger partial charge in [0.05, 0.1) is 0 Å². The molecule has 1 heterocycles. The minimum Gasteiger partial charge on any atom is -0.301 e. The van der Waals surface area contributed by atoms with Gasteiger partial charge in [0.2, 0.25) is 0 Å². The molecule has 1 aromatic rings. The lowest BCUT2D eigenvalue weighted by molar-refractivity contribution is 0.816. The van der Waals surface area contributed by atoms with Crippen LogP contribution in [0.4, 0.5) is 0 Å². The Morgan fingerprint density at radius 2 is 2.38 bits per heavy atom. The van der Waals surface area contributed by atoms with Crippen molar-refractivity contribution in [3.63, 3.8) is 0 Å². The van der Waals surface area contributed by atoms with Gasteiger partial charge in [0.25, 0.3) is 5.56 Å². The molecule has 0 saturated heterocycles. The first-order chi connectivity index (χ1) is 7.76. The lowest BCUT2D eigenvalue weighted by Gasteiger charge is -2.01. The molecule has 0 aliphatic carbocycles. The summed E-state index contributed by atoms with van der Waals surface area (Å²) in [5.74, 6) is 1.28. The summed E-state index contributed by atoms with van der Waals surface area (Å²) in [4.78, 5) is 18.4. The number of hydrogen-bond donors (Lipinski definition) is 1. The number of H-pyrrole nitrogens is 1. The highest BCUT2D eigenvalue weighted by molar-refractivity contribution is 7.99. The van der Waals surface area contributed by atoms with Gasteiger partial charge in [-0.25, -0.2) is 4.98 Å². The van der Waals surface area contributed by atoms with Crippen molar-refractivity contribution in [2.75, 3.05) is 11.6 Å². The summed E-state index contributed by atoms with van der Waals surface area (Å²) in [6, 6.07) is 1.56. The van der Waals surface area contributed by atoms with Gasteiger partial charge in [-0.3, -0.25) is 4.79 Å². The average molecular weight is 259 g/mol. The number of nitrogens with one attached hydrogen (secondary N) is 1. The molecule has 1 N–H and O–H groups in total. The molecule has 88 valence electrons. The minimum absolute atomic E-state index is 0.0812. The molecule has 1 aromatic heterocycles. The lowest BCUT2D eigenvalue weighted by atomic mass is 10.2. The Morgan fingerprint density at radius 3 is 3.06 bits per heavy atom. The Labute approximate surface area is 104 Å². The van der Waals surface area contributed by atoms with Crippen LogP contribution in [0.25, 0.3) is 0 Å². The number of nitrogens with zero attached hydrogens (tertiary/aromatic N) is 1. The van der Waals surface area contributed by atoms with Crippen molar-refractivity contribution in [2.45, 2.75) is 24.9 Å². The monoisotopic (exact) mass is 258 g/mol. The first-order valence-electron chi connectivity index (χ1n) is 5.20. The fourth-order valence-electron chi connectivity index (χ4n) is 1.19. The van der Waals surface area contributed by atoms with Gasteiger partial charge >= 0.3 is 0 Å². The normalized spacial score (nSPS) is 11.1. The van der Waals surface area contributed by atoms with Gasteiger partial charge in [-0.05, 0) is 6.42 Å². The second-order valence-corrected chi connectivity index (χ2v) is 4.55. The Kier molecular flexibility index (Phi) is 6.26. The van der Waals surface area contributed by atoms with Gasteiger partial charge in [-0.2, -0.15) is 0 Å². The number of aromatic amines is 1. The smallest absolute Gasteiger partial charge is 0.251 e. The largest absolute Gasteiger partial charge is 0.301 e. The third-order valence-corrected chi connectivity index (χ3v) is 2.86. The van der Waals surface area contributed by atoms with E-state index in [4.69, 9.17) is 11.6 Å². The topological polar surface area (TPSA) is 45.8 Å². The van der Waals surface area contributed by atoms with E-state index in [1.165, 1.54) is 11.8 Å². The molecule has 0 fully saturated rings. The molecule has 0 atom stereocenters. The highest BCUT2D eigenvalue weighted by atomic mass is 35.5. The quantitative estimate of drug-likeness (QED) is 0.369. The van der Waals surface area contributed by atoms with Crippen molar-refractivity contribution >= 4 is 23.4 Å². The van der Waals surface area contributed by atoms with E-state index in [-0.39, 0.29) is 5.56 Å². The average Bonchev–Trinajstić information content (AvgIpc) is 2.24. The van der Waals surface area contributed by atoms with Crippen molar-refractivity contribution in [1.82, 2.24) is 9.97 Å². The molecule has 0 bridgehead atoms. The molecular formula is C11H15ClN2OS. The van der Waals surface area contributed by atoms with E-state index >= 15 is 0 Å². The van der Waals surface area contributed by atoms with Crippen LogP contribution in [-0.4, -0.2) is 21.6 Å². The van der Waals surface area contributed by atoms with Crippen LogP contribution in [0.2, 0.25) is 0 Å². The molecule has 16 heavy (non-hydrogen) atoms. The van der Waals surface area contributed by atoms with Crippen molar-refractivity contribution < 1.29 is 0 Å². The molecule has 0 amide bonds. The summed E-state index contributed by atoms with van der Waals surface area (Å²) in [6.45, 7) is 2.07. The SMILES string of the molecule is CCCc1cc(=O)[nH]c(SCC=CCCl)n1. The summed E-state index contributed by atoms with van der Waals surface area (Å²) < 4.78 is 0. The van der Waals surface area contributed by atoms with Gasteiger partial charge in [0.15, 0.2) is 5.16 Å². The van der Waals surface area contributed by atoms with Crippen molar-refractivity contribution in [1.29, 1.82) is 0 Å². The Hall–Kier alpha value is -0.740. The maximum Gasteiger partial charge on any atom is 0.251 e. The van der Waals surface area contributed by atoms with Crippen molar-refractivity contribution in [3.05, 3.63) is 34.3 Å². The van der Waals surface area contributed by atoms with Gasteiger partial charge in [0.1, 0.15) is 0 Å². The fourth-order valence-corrected chi connectivity index (χ4v) is 2.06. The van der Waals surface area contributed by atoms with E-state index < -0.39 is 0 Å². The third-order valence-electron chi connectivity index (χ3n) is 1.85. The van der Waals surface area contributed by atoms with Gasteiger partial charge in [-0.1, -0.05) is 37.3 Å². The van der Waals surface area contributed by atoms with E-state index in [0.717, 1.165) is 24.3 Å². The second-order valence-electron chi connectivity index (χ2n) is 3.23. The van der Waals surface area contributed by atoms with Crippen LogP contribution < -0.4 is 5.56 Å². The zero-order valence-corrected chi connectivity index (χ0v) is 10.8. The number of rotatable bonds is 6. The maximum atomic E-state index is 11.3. The van der Waals surface area contributed by atoms with E-state index in [0.29, 0.717) is 11.0 Å². The minimum atomic E-state index is -0.0812. The number of allylic oxidation sites excluding steroid dienone is 1. The molecule has 0 spiro atoms. The first-order valence-corrected chi connectivity index (χ1v) is 6.72. The molecular weight excluding hydrogens is 244 g/mol. The zero-order valence-electron chi connectivity index (χ0n) is 9.20. The fraction of sp³-hybridized carbons (Fsp3) is 0.455. The Bertz CT molecular complexity index is 403. The third kappa shape index (κ3) is 4.86. The number of thioether (sulfide) groups is 1. The first kappa shape index (κ1) is 13.3. The summed E-state index contributed by atoms with van der Waals surface area (Å²) >= 11 is 7.01. The number of aryl methyl sites for hydroxylation is 1. The Morgan fingerprint density at radius 1 is 1.56 bits per heavy atom. The highest BCUT2D eigenvalue weighted by Gasteiger charge is 2.00. The van der Waals surface area contributed by atoms with Gasteiger partial charge in [-0.15, -0.1) is 11.6 Å². The van der Waals surface area contributed by atoms with E-state index in [2.05, 4.69) is 16.9 Å².